The van der Waals surface area contributed by atoms with Crippen LogP contribution in [0.2, 0.25) is 0 Å². The normalized spacial score (nSPS) is 11.2. The summed E-state index contributed by atoms with van der Waals surface area (Å²) < 4.78 is 18.8. The number of rotatable bonds is 4. The van der Waals surface area contributed by atoms with Crippen LogP contribution < -0.4 is 5.32 Å². The van der Waals surface area contributed by atoms with E-state index in [0.717, 1.165) is 16.8 Å². The van der Waals surface area contributed by atoms with E-state index in [4.69, 9.17) is 4.42 Å². The predicted octanol–water partition coefficient (Wildman–Crippen LogP) is 3.29. The third-order valence-corrected chi connectivity index (χ3v) is 2.62. The van der Waals surface area contributed by atoms with Crippen molar-refractivity contribution < 1.29 is 8.81 Å². The van der Waals surface area contributed by atoms with Gasteiger partial charge in [0.2, 0.25) is 0 Å². The highest BCUT2D eigenvalue weighted by atomic mass is 19.1. The lowest BCUT2D eigenvalue weighted by Crippen LogP contribution is -2.22. The molecule has 1 aromatic carbocycles. The molecule has 1 heterocycles. The van der Waals surface area contributed by atoms with Gasteiger partial charge in [0, 0.05) is 18.2 Å². The van der Waals surface area contributed by atoms with E-state index in [2.05, 4.69) is 24.1 Å². The number of hydrogen-bond donors (Lipinski definition) is 1. The molecule has 2 rings (SSSR count). The van der Waals surface area contributed by atoms with Crippen molar-refractivity contribution in [2.24, 2.45) is 0 Å². The molecule has 0 saturated carbocycles. The summed E-state index contributed by atoms with van der Waals surface area (Å²) in [4.78, 5) is 4.17. The monoisotopic (exact) mass is 248 g/mol. The van der Waals surface area contributed by atoms with Crippen molar-refractivity contribution in [3.63, 3.8) is 0 Å². The lowest BCUT2D eigenvalue weighted by Gasteiger charge is -2.07. The van der Waals surface area contributed by atoms with Gasteiger partial charge in [-0.05, 0) is 30.7 Å². The molecule has 3 nitrogen and oxygen atoms in total. The zero-order valence-electron chi connectivity index (χ0n) is 10.8. The van der Waals surface area contributed by atoms with E-state index in [1.807, 2.05) is 13.0 Å². The van der Waals surface area contributed by atoms with Crippen molar-refractivity contribution >= 4 is 0 Å². The number of halogens is 1. The maximum absolute atomic E-state index is 13.4. The van der Waals surface area contributed by atoms with Crippen molar-refractivity contribution in [1.29, 1.82) is 0 Å². The van der Waals surface area contributed by atoms with E-state index in [1.54, 1.807) is 0 Å². The second-order valence-corrected chi connectivity index (χ2v) is 4.68. The fourth-order valence-electron chi connectivity index (χ4n) is 1.80. The van der Waals surface area contributed by atoms with Gasteiger partial charge in [0.15, 0.2) is 12.2 Å². The Bertz CT molecular complexity index is 514. The molecule has 0 spiro atoms. The number of nitrogens with zero attached hydrogens (tertiary/aromatic N) is 1. The zero-order valence-corrected chi connectivity index (χ0v) is 10.8. The highest BCUT2D eigenvalue weighted by molar-refractivity contribution is 5.60. The van der Waals surface area contributed by atoms with E-state index in [9.17, 15) is 4.39 Å². The van der Waals surface area contributed by atoms with Crippen LogP contribution in [0.25, 0.3) is 11.3 Å². The summed E-state index contributed by atoms with van der Waals surface area (Å²) >= 11 is 0. The van der Waals surface area contributed by atoms with Gasteiger partial charge in [0.25, 0.3) is 0 Å². The summed E-state index contributed by atoms with van der Waals surface area (Å²) in [5.41, 5.74) is 2.39. The Hall–Kier alpha value is -1.68. The predicted molar refractivity (Wildman–Crippen MR) is 68.6 cm³/mol. The van der Waals surface area contributed by atoms with Crippen LogP contribution in [0.5, 0.6) is 0 Å². The fraction of sp³-hybridized carbons (Fsp3) is 0.357. The molecule has 4 heteroatoms. The van der Waals surface area contributed by atoms with Crippen molar-refractivity contribution in [3.8, 4) is 11.3 Å². The van der Waals surface area contributed by atoms with Gasteiger partial charge in [-0.15, -0.1) is 0 Å². The van der Waals surface area contributed by atoms with Crippen molar-refractivity contribution in [2.75, 3.05) is 0 Å². The Balaban J connectivity index is 2.30. The van der Waals surface area contributed by atoms with Gasteiger partial charge >= 0.3 is 0 Å². The van der Waals surface area contributed by atoms with Crippen LogP contribution in [-0.4, -0.2) is 11.0 Å². The molecule has 0 fully saturated rings. The average molecular weight is 248 g/mol. The molecule has 1 N–H and O–H groups in total. The molecule has 96 valence electrons. The topological polar surface area (TPSA) is 38.1 Å². The van der Waals surface area contributed by atoms with E-state index in [0.29, 0.717) is 18.3 Å². The summed E-state index contributed by atoms with van der Waals surface area (Å²) in [5.74, 6) is 0.370. The molecule has 0 saturated heterocycles. The molecular weight excluding hydrogens is 231 g/mol. The molecule has 0 radical (unpaired) electrons. The van der Waals surface area contributed by atoms with Crippen LogP contribution in [0.15, 0.2) is 29.0 Å². The first-order valence-electron chi connectivity index (χ1n) is 5.99. The first-order chi connectivity index (χ1) is 8.56. The summed E-state index contributed by atoms with van der Waals surface area (Å²) in [7, 11) is 0. The van der Waals surface area contributed by atoms with Gasteiger partial charge in [-0.25, -0.2) is 9.37 Å². The van der Waals surface area contributed by atoms with Gasteiger partial charge in [-0.2, -0.15) is 0 Å². The highest BCUT2D eigenvalue weighted by Crippen LogP contribution is 2.25. The number of aromatic nitrogens is 1. The Morgan fingerprint density at radius 3 is 2.78 bits per heavy atom. The first kappa shape index (κ1) is 12.8. The van der Waals surface area contributed by atoms with Crippen LogP contribution in [0.1, 0.15) is 25.1 Å². The lowest BCUT2D eigenvalue weighted by atomic mass is 10.1. The number of aryl methyl sites for hydroxylation is 1. The molecule has 0 unspecified atom stereocenters. The minimum atomic E-state index is -0.260. The summed E-state index contributed by atoms with van der Waals surface area (Å²) in [6.07, 6.45) is 1.40. The zero-order chi connectivity index (χ0) is 13.1. The van der Waals surface area contributed by atoms with Gasteiger partial charge in [0.1, 0.15) is 11.5 Å². The van der Waals surface area contributed by atoms with Crippen molar-refractivity contribution in [3.05, 3.63) is 41.7 Å². The quantitative estimate of drug-likeness (QED) is 0.902. The number of hydrogen-bond acceptors (Lipinski definition) is 3. The third kappa shape index (κ3) is 2.96. The third-order valence-electron chi connectivity index (χ3n) is 2.62. The van der Waals surface area contributed by atoms with Crippen LogP contribution in [-0.2, 0) is 6.54 Å². The van der Waals surface area contributed by atoms with Crippen LogP contribution in [0.3, 0.4) is 0 Å². The Morgan fingerprint density at radius 2 is 2.11 bits per heavy atom. The van der Waals surface area contributed by atoms with Crippen molar-refractivity contribution in [1.82, 2.24) is 10.3 Å². The maximum atomic E-state index is 13.4. The lowest BCUT2D eigenvalue weighted by molar-refractivity contribution is 0.561. The van der Waals surface area contributed by atoms with E-state index >= 15 is 0 Å². The maximum Gasteiger partial charge on any atom is 0.181 e. The highest BCUT2D eigenvalue weighted by Gasteiger charge is 2.12. The SMILES string of the molecule is Cc1cc(F)cc(-c2ocnc2CNC(C)C)c1. The summed E-state index contributed by atoms with van der Waals surface area (Å²) in [5, 5.41) is 3.27. The summed E-state index contributed by atoms with van der Waals surface area (Å²) in [6.45, 7) is 6.59. The van der Waals surface area contributed by atoms with E-state index in [-0.39, 0.29) is 5.82 Å². The Morgan fingerprint density at radius 1 is 1.33 bits per heavy atom. The van der Waals surface area contributed by atoms with Crippen molar-refractivity contribution in [2.45, 2.75) is 33.4 Å². The largest absolute Gasteiger partial charge is 0.443 e. The molecule has 0 bridgehead atoms. The van der Waals surface area contributed by atoms with Crippen LogP contribution in [0.4, 0.5) is 4.39 Å². The molecule has 18 heavy (non-hydrogen) atoms. The Labute approximate surface area is 106 Å². The van der Waals surface area contributed by atoms with Gasteiger partial charge < -0.3 is 9.73 Å². The van der Waals surface area contributed by atoms with E-state index in [1.165, 1.54) is 18.5 Å². The van der Waals surface area contributed by atoms with Crippen LogP contribution in [0, 0.1) is 12.7 Å². The molecule has 0 atom stereocenters. The van der Waals surface area contributed by atoms with Gasteiger partial charge in [-0.1, -0.05) is 13.8 Å². The molecular formula is C14H17FN2O. The molecule has 0 aliphatic rings. The molecule has 1 aromatic heterocycles. The van der Waals surface area contributed by atoms with Gasteiger partial charge in [0.05, 0.1) is 0 Å². The minimum absolute atomic E-state index is 0.260. The molecule has 0 aliphatic heterocycles. The fourth-order valence-corrected chi connectivity index (χ4v) is 1.80. The number of benzene rings is 1. The first-order valence-corrected chi connectivity index (χ1v) is 5.99. The summed E-state index contributed by atoms with van der Waals surface area (Å²) in [6, 6.07) is 5.21. The Kier molecular flexibility index (Phi) is 3.77. The number of oxazole rings is 1. The minimum Gasteiger partial charge on any atom is -0.443 e. The van der Waals surface area contributed by atoms with E-state index < -0.39 is 0 Å². The van der Waals surface area contributed by atoms with Gasteiger partial charge in [-0.3, -0.25) is 0 Å². The average Bonchev–Trinajstić information content (AvgIpc) is 2.72. The standard InChI is InChI=1S/C14H17FN2O/c1-9(2)16-7-13-14(18-8-17-13)11-4-10(3)5-12(15)6-11/h4-6,8-9,16H,7H2,1-3H3. The molecule has 2 aromatic rings. The molecule has 0 amide bonds. The number of nitrogens with one attached hydrogen (secondary N) is 1. The smallest absolute Gasteiger partial charge is 0.181 e. The van der Waals surface area contributed by atoms with Crippen LogP contribution >= 0.6 is 0 Å². The molecule has 0 aliphatic carbocycles. The second kappa shape index (κ2) is 5.31. The second-order valence-electron chi connectivity index (χ2n) is 4.68.